The van der Waals surface area contributed by atoms with Crippen LogP contribution in [0.2, 0.25) is 0 Å². The minimum absolute atomic E-state index is 0.132. The molecule has 0 spiro atoms. The van der Waals surface area contributed by atoms with Crippen molar-refractivity contribution >= 4 is 20.7 Å². The Morgan fingerprint density at radius 3 is 2.49 bits per heavy atom. The number of benzene rings is 3. The third-order valence-corrected chi connectivity index (χ3v) is 8.59. The van der Waals surface area contributed by atoms with Gasteiger partial charge in [0.2, 0.25) is 0 Å². The van der Waals surface area contributed by atoms with Gasteiger partial charge < -0.3 is 4.52 Å². The maximum absolute atomic E-state index is 14.3. The highest BCUT2D eigenvalue weighted by Gasteiger charge is 2.27. The van der Waals surface area contributed by atoms with Crippen LogP contribution < -0.4 is 0 Å². The molecule has 1 fully saturated rings. The molecule has 2 aromatic heterocycles. The highest BCUT2D eigenvalue weighted by molar-refractivity contribution is 7.90. The molecule has 1 saturated carbocycles. The zero-order valence-electron chi connectivity index (χ0n) is 20.4. The van der Waals surface area contributed by atoms with E-state index in [0.29, 0.717) is 17.1 Å². The summed E-state index contributed by atoms with van der Waals surface area (Å²) < 4.78 is 44.9. The lowest BCUT2D eigenvalue weighted by Crippen LogP contribution is -2.05. The van der Waals surface area contributed by atoms with Gasteiger partial charge in [-0.2, -0.15) is 0 Å². The number of hydrogen-bond donors (Lipinski definition) is 0. The molecule has 5 aromatic rings. The third-order valence-electron chi connectivity index (χ3n) is 6.95. The van der Waals surface area contributed by atoms with Crippen LogP contribution in [-0.2, 0) is 15.6 Å². The molecule has 0 saturated heterocycles. The van der Waals surface area contributed by atoms with Crippen molar-refractivity contribution in [2.24, 2.45) is 0 Å². The predicted octanol–water partition coefficient (Wildman–Crippen LogP) is 6.56. The van der Waals surface area contributed by atoms with E-state index in [1.807, 2.05) is 26.0 Å². The van der Waals surface area contributed by atoms with E-state index in [0.717, 1.165) is 57.3 Å². The molecule has 0 unspecified atom stereocenters. The van der Waals surface area contributed by atoms with Gasteiger partial charge in [-0.1, -0.05) is 17.3 Å². The molecule has 186 valence electrons. The summed E-state index contributed by atoms with van der Waals surface area (Å²) in [6, 6.07) is 16.0. The van der Waals surface area contributed by atoms with Gasteiger partial charge in [-0.3, -0.25) is 0 Å². The zero-order chi connectivity index (χ0) is 25.7. The van der Waals surface area contributed by atoms with Crippen LogP contribution in [-0.4, -0.2) is 23.5 Å². The van der Waals surface area contributed by atoms with Gasteiger partial charge in [0.25, 0.3) is 0 Å². The summed E-state index contributed by atoms with van der Waals surface area (Å²) in [4.78, 5) is 9.08. The Balaban J connectivity index is 1.39. The fourth-order valence-corrected chi connectivity index (χ4v) is 6.11. The fourth-order valence-electron chi connectivity index (χ4n) is 4.84. The predicted molar refractivity (Wildman–Crippen MR) is 139 cm³/mol. The van der Waals surface area contributed by atoms with Crippen LogP contribution in [0.4, 0.5) is 4.39 Å². The summed E-state index contributed by atoms with van der Waals surface area (Å²) in [7, 11) is -3.62. The monoisotopic (exact) mass is 513 g/mol. The molecule has 0 aliphatic heterocycles. The molecule has 8 heteroatoms. The molecule has 2 heterocycles. The first-order valence-electron chi connectivity index (χ1n) is 12.1. The molecule has 0 atom stereocenters. The van der Waals surface area contributed by atoms with Gasteiger partial charge in [-0.25, -0.2) is 22.8 Å². The van der Waals surface area contributed by atoms with Crippen LogP contribution in [0.1, 0.15) is 41.1 Å². The van der Waals surface area contributed by atoms with Crippen molar-refractivity contribution in [1.82, 2.24) is 15.1 Å². The minimum Gasteiger partial charge on any atom is -0.364 e. The van der Waals surface area contributed by atoms with Gasteiger partial charge in [-0.05, 0) is 96.8 Å². The van der Waals surface area contributed by atoms with Crippen molar-refractivity contribution in [3.8, 4) is 22.4 Å². The van der Waals surface area contributed by atoms with Gasteiger partial charge >= 0.3 is 0 Å². The van der Waals surface area contributed by atoms with E-state index in [-0.39, 0.29) is 16.5 Å². The summed E-state index contributed by atoms with van der Waals surface area (Å²) in [6.07, 6.45) is 4.89. The number of fused-ring (bicyclic) bond motifs is 1. The van der Waals surface area contributed by atoms with Crippen molar-refractivity contribution < 1.29 is 17.3 Å². The highest BCUT2D eigenvalue weighted by Crippen LogP contribution is 2.43. The number of aromatic nitrogens is 3. The Hall–Kier alpha value is -3.91. The van der Waals surface area contributed by atoms with Crippen LogP contribution in [0, 0.1) is 19.7 Å². The van der Waals surface area contributed by atoms with E-state index in [1.165, 1.54) is 18.7 Å². The molecule has 6 rings (SSSR count). The summed E-state index contributed by atoms with van der Waals surface area (Å²) in [5.41, 5.74) is 7.49. The van der Waals surface area contributed by atoms with E-state index < -0.39 is 9.84 Å². The Morgan fingerprint density at radius 1 is 0.946 bits per heavy atom. The Labute approximate surface area is 214 Å². The summed E-state index contributed by atoms with van der Waals surface area (Å²) >= 11 is 0. The molecule has 1 aliphatic carbocycles. The molecule has 0 bridgehead atoms. The van der Waals surface area contributed by atoms with E-state index in [1.54, 1.807) is 24.3 Å². The molecule has 1 aliphatic rings. The zero-order valence-corrected chi connectivity index (χ0v) is 21.2. The molecule has 0 amide bonds. The SMILES string of the molecule is Cc1cc(-c2ncnc3cc(S(=O)(=O)Cc4ccon4)ccc23)c(C)cc1-c1ccc(F)c(C2CC2)c1. The van der Waals surface area contributed by atoms with Crippen molar-refractivity contribution in [3.05, 3.63) is 95.4 Å². The second-order valence-electron chi connectivity index (χ2n) is 9.64. The normalized spacial score (nSPS) is 13.8. The van der Waals surface area contributed by atoms with Crippen LogP contribution in [0.3, 0.4) is 0 Å². The van der Waals surface area contributed by atoms with Crippen LogP contribution in [0.15, 0.2) is 76.6 Å². The van der Waals surface area contributed by atoms with E-state index >= 15 is 0 Å². The molecule has 37 heavy (non-hydrogen) atoms. The maximum Gasteiger partial charge on any atom is 0.184 e. The quantitative estimate of drug-likeness (QED) is 0.256. The number of rotatable bonds is 6. The van der Waals surface area contributed by atoms with Gasteiger partial charge in [0.15, 0.2) is 9.84 Å². The Bertz CT molecular complexity index is 1760. The lowest BCUT2D eigenvalue weighted by molar-refractivity contribution is 0.413. The van der Waals surface area contributed by atoms with Gasteiger partial charge in [0, 0.05) is 17.0 Å². The smallest absolute Gasteiger partial charge is 0.184 e. The average Bonchev–Trinajstić information content (AvgIpc) is 3.61. The van der Waals surface area contributed by atoms with Crippen LogP contribution in [0.25, 0.3) is 33.3 Å². The topological polar surface area (TPSA) is 86.0 Å². The third kappa shape index (κ3) is 4.42. The lowest BCUT2D eigenvalue weighted by atomic mass is 9.91. The number of sulfone groups is 1. The van der Waals surface area contributed by atoms with E-state index in [9.17, 15) is 12.8 Å². The van der Waals surface area contributed by atoms with Crippen LogP contribution >= 0.6 is 0 Å². The fraction of sp³-hybridized carbons (Fsp3) is 0.207. The van der Waals surface area contributed by atoms with Gasteiger partial charge in [-0.15, -0.1) is 0 Å². The first kappa shape index (κ1) is 23.5. The van der Waals surface area contributed by atoms with Gasteiger partial charge in [0.1, 0.15) is 24.2 Å². The molecular weight excluding hydrogens is 489 g/mol. The second kappa shape index (κ2) is 8.88. The van der Waals surface area contributed by atoms with Gasteiger partial charge in [0.05, 0.1) is 21.8 Å². The first-order valence-corrected chi connectivity index (χ1v) is 13.7. The first-order chi connectivity index (χ1) is 17.8. The number of nitrogens with zero attached hydrogens (tertiary/aromatic N) is 3. The van der Waals surface area contributed by atoms with Crippen LogP contribution in [0.5, 0.6) is 0 Å². The largest absolute Gasteiger partial charge is 0.364 e. The second-order valence-corrected chi connectivity index (χ2v) is 11.6. The number of hydrogen-bond acceptors (Lipinski definition) is 6. The molecule has 0 radical (unpaired) electrons. The molecule has 6 nitrogen and oxygen atoms in total. The molecular formula is C29H24FN3O3S. The van der Waals surface area contributed by atoms with Crippen molar-refractivity contribution in [2.75, 3.05) is 0 Å². The Kier molecular flexibility index (Phi) is 5.64. The van der Waals surface area contributed by atoms with Crippen molar-refractivity contribution in [2.45, 2.75) is 43.3 Å². The Morgan fingerprint density at radius 2 is 1.73 bits per heavy atom. The average molecular weight is 514 g/mol. The maximum atomic E-state index is 14.3. The summed E-state index contributed by atoms with van der Waals surface area (Å²) in [6.45, 7) is 4.06. The highest BCUT2D eigenvalue weighted by atomic mass is 32.2. The number of halogens is 1. The number of aryl methyl sites for hydroxylation is 2. The molecule has 0 N–H and O–H groups in total. The standard InChI is InChI=1S/C29H24FN3O3S/c1-17-12-25(18(2)11-24(17)20-5-8-27(30)26(13-20)19-3-4-19)29-23-7-6-22(14-28(23)31-16-32-29)37(34,35)15-21-9-10-36-33-21/h5-14,16,19H,3-4,15H2,1-2H3. The lowest BCUT2D eigenvalue weighted by Gasteiger charge is -2.15. The minimum atomic E-state index is -3.62. The van der Waals surface area contributed by atoms with Crippen molar-refractivity contribution in [3.63, 3.8) is 0 Å². The van der Waals surface area contributed by atoms with E-state index in [4.69, 9.17) is 4.52 Å². The summed E-state index contributed by atoms with van der Waals surface area (Å²) in [5, 5.41) is 4.47. The summed E-state index contributed by atoms with van der Waals surface area (Å²) in [5.74, 6) is -0.0526. The van der Waals surface area contributed by atoms with Crippen molar-refractivity contribution in [1.29, 1.82) is 0 Å². The van der Waals surface area contributed by atoms with E-state index in [2.05, 4.69) is 27.3 Å². The molecule has 3 aromatic carbocycles.